The van der Waals surface area contributed by atoms with E-state index < -0.39 is 11.4 Å². The lowest BCUT2D eigenvalue weighted by atomic mass is 9.90. The average Bonchev–Trinajstić information content (AvgIpc) is 2.99. The highest BCUT2D eigenvalue weighted by atomic mass is 32.1. The third kappa shape index (κ3) is 3.45. The summed E-state index contributed by atoms with van der Waals surface area (Å²) in [5.41, 5.74) is -0.306. The van der Waals surface area contributed by atoms with E-state index in [1.54, 1.807) is 13.8 Å². The minimum Gasteiger partial charge on any atom is -0.481 e. The smallest absolute Gasteiger partial charge is 0.315 e. The number of carboxylic acid groups (broad SMARTS) is 1. The highest BCUT2D eigenvalue weighted by molar-refractivity contribution is 7.13. The van der Waals surface area contributed by atoms with Crippen LogP contribution < -0.4 is 5.32 Å². The summed E-state index contributed by atoms with van der Waals surface area (Å²) in [6.45, 7) is 7.63. The summed E-state index contributed by atoms with van der Waals surface area (Å²) in [4.78, 5) is 18.0. The molecule has 0 aromatic carbocycles. The Hall–Kier alpha value is -1.14. The monoisotopic (exact) mass is 283 g/mol. The van der Waals surface area contributed by atoms with Crippen molar-refractivity contribution in [3.05, 3.63) is 11.1 Å². The predicted molar refractivity (Wildman–Crippen MR) is 76.9 cm³/mol. The molecule has 0 aliphatic carbocycles. The highest BCUT2D eigenvalue weighted by Crippen LogP contribution is 2.27. The van der Waals surface area contributed by atoms with Gasteiger partial charge in [-0.3, -0.25) is 4.79 Å². The number of likely N-dealkylation sites (tertiary alicyclic amines) is 1. The maximum absolute atomic E-state index is 11.2. The first-order chi connectivity index (χ1) is 9.00. The second-order valence-corrected chi connectivity index (χ2v) is 6.30. The van der Waals surface area contributed by atoms with Gasteiger partial charge in [0.2, 0.25) is 0 Å². The van der Waals surface area contributed by atoms with Crippen molar-refractivity contribution in [1.82, 2.24) is 9.88 Å². The van der Waals surface area contributed by atoms with Crippen LogP contribution in [0, 0.1) is 0 Å². The molecule has 1 aromatic rings. The summed E-state index contributed by atoms with van der Waals surface area (Å²) in [5.74, 6) is -0.846. The van der Waals surface area contributed by atoms with Gasteiger partial charge in [-0.2, -0.15) is 0 Å². The topological polar surface area (TPSA) is 65.5 Å². The van der Waals surface area contributed by atoms with Crippen molar-refractivity contribution in [1.29, 1.82) is 0 Å². The van der Waals surface area contributed by atoms with Crippen molar-refractivity contribution in [3.63, 3.8) is 0 Å². The van der Waals surface area contributed by atoms with E-state index in [9.17, 15) is 4.79 Å². The quantitative estimate of drug-likeness (QED) is 0.836. The van der Waals surface area contributed by atoms with E-state index in [4.69, 9.17) is 5.11 Å². The number of aromatic nitrogens is 1. The molecule has 2 N–H and O–H groups in total. The second kappa shape index (κ2) is 5.88. The molecule has 19 heavy (non-hydrogen) atoms. The SMILES string of the molecule is CC(C)(C(=O)O)c1csc(NCCN2CCCC2)n1. The Morgan fingerprint density at radius 3 is 2.84 bits per heavy atom. The molecule has 2 rings (SSSR count). The number of anilines is 1. The minimum absolute atomic E-state index is 0.619. The lowest BCUT2D eigenvalue weighted by Crippen LogP contribution is -2.29. The van der Waals surface area contributed by atoms with Crippen LogP contribution in [0.1, 0.15) is 32.4 Å². The zero-order chi connectivity index (χ0) is 13.9. The molecule has 1 aromatic heterocycles. The number of rotatable bonds is 6. The number of nitrogens with zero attached hydrogens (tertiary/aromatic N) is 2. The van der Waals surface area contributed by atoms with Gasteiger partial charge in [-0.15, -0.1) is 11.3 Å². The van der Waals surface area contributed by atoms with E-state index in [0.717, 1.165) is 18.2 Å². The molecule has 5 nitrogen and oxygen atoms in total. The van der Waals surface area contributed by atoms with Gasteiger partial charge in [0.05, 0.1) is 5.69 Å². The Labute approximate surface area is 117 Å². The Balaban J connectivity index is 1.85. The molecule has 0 spiro atoms. The number of carbonyl (C=O) groups is 1. The molecule has 1 aliphatic heterocycles. The molecule has 0 unspecified atom stereocenters. The number of carboxylic acids is 1. The zero-order valence-electron chi connectivity index (χ0n) is 11.5. The summed E-state index contributed by atoms with van der Waals surface area (Å²) in [7, 11) is 0. The molecule has 0 radical (unpaired) electrons. The van der Waals surface area contributed by atoms with Crippen LogP contribution in [0.4, 0.5) is 5.13 Å². The van der Waals surface area contributed by atoms with E-state index >= 15 is 0 Å². The summed E-state index contributed by atoms with van der Waals surface area (Å²) < 4.78 is 0. The fourth-order valence-electron chi connectivity index (χ4n) is 2.08. The van der Waals surface area contributed by atoms with E-state index in [2.05, 4.69) is 15.2 Å². The van der Waals surface area contributed by atoms with Crippen molar-refractivity contribution in [3.8, 4) is 0 Å². The van der Waals surface area contributed by atoms with Crippen molar-refractivity contribution >= 4 is 22.4 Å². The first-order valence-corrected chi connectivity index (χ1v) is 7.54. The van der Waals surface area contributed by atoms with Gasteiger partial charge in [-0.1, -0.05) is 0 Å². The Bertz CT molecular complexity index is 439. The van der Waals surface area contributed by atoms with Gasteiger partial charge in [0.25, 0.3) is 0 Å². The van der Waals surface area contributed by atoms with Crippen LogP contribution in [0.3, 0.4) is 0 Å². The average molecular weight is 283 g/mol. The normalized spacial score (nSPS) is 16.7. The van der Waals surface area contributed by atoms with Gasteiger partial charge in [0, 0.05) is 18.5 Å². The van der Waals surface area contributed by atoms with Crippen LogP contribution in [0.25, 0.3) is 0 Å². The van der Waals surface area contributed by atoms with Crippen LogP contribution >= 0.6 is 11.3 Å². The molecule has 106 valence electrons. The molecule has 1 saturated heterocycles. The van der Waals surface area contributed by atoms with Gasteiger partial charge in [-0.05, 0) is 39.8 Å². The fourth-order valence-corrected chi connectivity index (χ4v) is 2.99. The van der Waals surface area contributed by atoms with E-state index in [0.29, 0.717) is 5.69 Å². The molecule has 0 amide bonds. The molecule has 0 bridgehead atoms. The maximum atomic E-state index is 11.2. The van der Waals surface area contributed by atoms with Gasteiger partial charge >= 0.3 is 5.97 Å². The summed E-state index contributed by atoms with van der Waals surface area (Å²) in [6.07, 6.45) is 2.60. The van der Waals surface area contributed by atoms with Gasteiger partial charge in [0.1, 0.15) is 5.41 Å². The highest BCUT2D eigenvalue weighted by Gasteiger charge is 2.32. The number of thiazole rings is 1. The molecular formula is C13H21N3O2S. The van der Waals surface area contributed by atoms with Crippen LogP contribution in [0.15, 0.2) is 5.38 Å². The van der Waals surface area contributed by atoms with Crippen LogP contribution in [0.2, 0.25) is 0 Å². The van der Waals surface area contributed by atoms with Crippen LogP contribution in [0.5, 0.6) is 0 Å². The van der Waals surface area contributed by atoms with Crippen LogP contribution in [-0.2, 0) is 10.2 Å². The van der Waals surface area contributed by atoms with Crippen LogP contribution in [-0.4, -0.2) is 47.1 Å². The maximum Gasteiger partial charge on any atom is 0.315 e. The Kier molecular flexibility index (Phi) is 4.42. The number of nitrogens with one attached hydrogen (secondary N) is 1. The standard InChI is InChI=1S/C13H21N3O2S/c1-13(2,11(17)18)10-9-19-12(15-10)14-5-8-16-6-3-4-7-16/h9H,3-8H2,1-2H3,(H,14,15)(H,17,18). The first-order valence-electron chi connectivity index (χ1n) is 6.66. The van der Waals surface area contributed by atoms with Crippen molar-refractivity contribution in [2.75, 3.05) is 31.5 Å². The lowest BCUT2D eigenvalue weighted by molar-refractivity contribution is -0.142. The third-order valence-electron chi connectivity index (χ3n) is 3.58. The first kappa shape index (κ1) is 14.3. The zero-order valence-corrected chi connectivity index (χ0v) is 12.3. The van der Waals surface area contributed by atoms with E-state index in [-0.39, 0.29) is 0 Å². The second-order valence-electron chi connectivity index (χ2n) is 5.44. The number of hydrogen-bond donors (Lipinski definition) is 2. The predicted octanol–water partition coefficient (Wildman–Crippen LogP) is 2.01. The summed E-state index contributed by atoms with van der Waals surface area (Å²) >= 11 is 1.47. The van der Waals surface area contributed by atoms with Gasteiger partial charge in [-0.25, -0.2) is 4.98 Å². The fraction of sp³-hybridized carbons (Fsp3) is 0.692. The molecule has 6 heteroatoms. The van der Waals surface area contributed by atoms with E-state index in [1.165, 1.54) is 37.3 Å². The van der Waals surface area contributed by atoms with Crippen molar-refractivity contribution in [2.45, 2.75) is 32.1 Å². The molecule has 2 heterocycles. The number of hydrogen-bond acceptors (Lipinski definition) is 5. The molecular weight excluding hydrogens is 262 g/mol. The molecule has 1 aliphatic rings. The largest absolute Gasteiger partial charge is 0.481 e. The van der Waals surface area contributed by atoms with Crippen molar-refractivity contribution < 1.29 is 9.90 Å². The minimum atomic E-state index is -0.925. The molecule has 0 saturated carbocycles. The van der Waals surface area contributed by atoms with Gasteiger partial charge in [0.15, 0.2) is 5.13 Å². The lowest BCUT2D eigenvalue weighted by Gasteiger charge is -2.16. The number of aliphatic carboxylic acids is 1. The summed E-state index contributed by atoms with van der Waals surface area (Å²) in [6, 6.07) is 0. The van der Waals surface area contributed by atoms with E-state index in [1.807, 2.05) is 5.38 Å². The molecule has 1 fully saturated rings. The molecule has 0 atom stereocenters. The Morgan fingerprint density at radius 2 is 2.21 bits per heavy atom. The Morgan fingerprint density at radius 1 is 1.53 bits per heavy atom. The summed E-state index contributed by atoms with van der Waals surface area (Å²) in [5, 5.41) is 15.1. The van der Waals surface area contributed by atoms with Gasteiger partial charge < -0.3 is 15.3 Å². The third-order valence-corrected chi connectivity index (χ3v) is 4.38. The van der Waals surface area contributed by atoms with Crippen molar-refractivity contribution in [2.24, 2.45) is 0 Å².